The van der Waals surface area contributed by atoms with Crippen LogP contribution in [0.4, 0.5) is 18.9 Å². The summed E-state index contributed by atoms with van der Waals surface area (Å²) in [5.74, 6) is -0.517. The van der Waals surface area contributed by atoms with Gasteiger partial charge in [-0.3, -0.25) is 9.78 Å². The van der Waals surface area contributed by atoms with Gasteiger partial charge in [0.2, 0.25) is 0 Å². The molecule has 1 amide bonds. The van der Waals surface area contributed by atoms with Crippen molar-refractivity contribution in [2.75, 3.05) is 18.5 Å². The molecule has 4 rings (SSSR count). The molecule has 1 aliphatic heterocycles. The molecule has 1 fully saturated rings. The first kappa shape index (κ1) is 23.0. The molecule has 1 saturated heterocycles. The highest BCUT2D eigenvalue weighted by molar-refractivity contribution is 5.95. The van der Waals surface area contributed by atoms with Crippen LogP contribution < -0.4 is 10.6 Å². The number of aromatic nitrogens is 4. The predicted octanol–water partition coefficient (Wildman–Crippen LogP) is 3.69. The average molecular weight is 462 g/mol. The molecule has 0 unspecified atom stereocenters. The van der Waals surface area contributed by atoms with Crippen molar-refractivity contribution in [3.63, 3.8) is 0 Å². The first-order valence-corrected chi connectivity index (χ1v) is 10.8. The molecule has 3 aromatic rings. The Hall–Kier alpha value is -3.21. The number of rotatable bonds is 6. The van der Waals surface area contributed by atoms with Crippen LogP contribution >= 0.6 is 0 Å². The van der Waals surface area contributed by atoms with E-state index in [4.69, 9.17) is 9.72 Å². The van der Waals surface area contributed by atoms with Gasteiger partial charge < -0.3 is 15.4 Å². The highest BCUT2D eigenvalue weighted by Gasteiger charge is 2.32. The molecule has 3 aromatic heterocycles. The summed E-state index contributed by atoms with van der Waals surface area (Å²) in [4.78, 5) is 20.7. The van der Waals surface area contributed by atoms with Crippen molar-refractivity contribution in [2.45, 2.75) is 52.0 Å². The summed E-state index contributed by atoms with van der Waals surface area (Å²) in [7, 11) is 0. The van der Waals surface area contributed by atoms with Gasteiger partial charge >= 0.3 is 6.18 Å². The van der Waals surface area contributed by atoms with Gasteiger partial charge in [-0.25, -0.2) is 9.67 Å². The summed E-state index contributed by atoms with van der Waals surface area (Å²) in [6, 6.07) is 2.12. The van der Waals surface area contributed by atoms with Gasteiger partial charge in [0, 0.05) is 49.8 Å². The van der Waals surface area contributed by atoms with Crippen molar-refractivity contribution in [3.8, 4) is 0 Å². The Labute approximate surface area is 188 Å². The molecular weight excluding hydrogens is 437 g/mol. The minimum atomic E-state index is -4.55. The second kappa shape index (κ2) is 9.34. The number of ether oxygens (including phenoxy) is 1. The zero-order valence-corrected chi connectivity index (χ0v) is 18.4. The fraction of sp³-hybridized carbons (Fsp3) is 0.455. The van der Waals surface area contributed by atoms with Crippen LogP contribution in [0.1, 0.15) is 47.1 Å². The number of carbonyl (C=O) groups is 1. The molecule has 11 heteroatoms. The molecule has 0 aromatic carbocycles. The van der Waals surface area contributed by atoms with Gasteiger partial charge in [0.1, 0.15) is 5.69 Å². The van der Waals surface area contributed by atoms with Crippen LogP contribution in [0.15, 0.2) is 24.5 Å². The molecule has 8 nitrogen and oxygen atoms in total. The standard InChI is InChI=1S/C22H25F3N6O2/c1-3-31-20-17(12-28-31)19(30-15-6-8-33-9-7-15)16(13(2)29-20)11-27-21(32)14-4-5-18(26-10-14)22(23,24)25/h4-5,10,12,15H,3,6-9,11H2,1-2H3,(H,27,32)(H,29,30). The van der Waals surface area contributed by atoms with Crippen LogP contribution in [0.3, 0.4) is 0 Å². The van der Waals surface area contributed by atoms with E-state index in [1.165, 1.54) is 0 Å². The Bertz CT molecular complexity index is 1140. The van der Waals surface area contributed by atoms with Crippen LogP contribution in [0.25, 0.3) is 11.0 Å². The van der Waals surface area contributed by atoms with Crippen molar-refractivity contribution in [3.05, 3.63) is 47.0 Å². The lowest BCUT2D eigenvalue weighted by Crippen LogP contribution is -2.30. The number of anilines is 1. The first-order valence-electron chi connectivity index (χ1n) is 10.8. The molecule has 1 aliphatic rings. The number of carbonyl (C=O) groups excluding carboxylic acids is 1. The monoisotopic (exact) mass is 462 g/mol. The number of nitrogens with zero attached hydrogens (tertiary/aromatic N) is 4. The molecule has 0 atom stereocenters. The number of aryl methyl sites for hydroxylation is 2. The normalized spacial score (nSPS) is 15.1. The molecule has 2 N–H and O–H groups in total. The van der Waals surface area contributed by atoms with Crippen LogP contribution in [0, 0.1) is 6.92 Å². The van der Waals surface area contributed by atoms with Crippen molar-refractivity contribution >= 4 is 22.6 Å². The highest BCUT2D eigenvalue weighted by atomic mass is 19.4. The van der Waals surface area contributed by atoms with Gasteiger partial charge in [0.15, 0.2) is 5.65 Å². The number of alkyl halides is 3. The topological polar surface area (TPSA) is 94.0 Å². The van der Waals surface area contributed by atoms with Gasteiger partial charge in [-0.1, -0.05) is 0 Å². The number of hydrogen-bond donors (Lipinski definition) is 2. The van der Waals surface area contributed by atoms with E-state index in [0.29, 0.717) is 19.8 Å². The minimum absolute atomic E-state index is 0.0485. The van der Waals surface area contributed by atoms with Gasteiger partial charge in [0.25, 0.3) is 5.91 Å². The number of pyridine rings is 2. The summed E-state index contributed by atoms with van der Waals surface area (Å²) >= 11 is 0. The largest absolute Gasteiger partial charge is 0.433 e. The second-order valence-corrected chi connectivity index (χ2v) is 7.89. The molecule has 0 bridgehead atoms. The van der Waals surface area contributed by atoms with Crippen molar-refractivity contribution in [1.82, 2.24) is 25.1 Å². The van der Waals surface area contributed by atoms with Crippen LogP contribution in [0.2, 0.25) is 0 Å². The molecule has 4 heterocycles. The van der Waals surface area contributed by atoms with E-state index in [1.54, 1.807) is 6.20 Å². The van der Waals surface area contributed by atoms with E-state index in [-0.39, 0.29) is 18.2 Å². The van der Waals surface area contributed by atoms with E-state index >= 15 is 0 Å². The zero-order chi connectivity index (χ0) is 23.6. The van der Waals surface area contributed by atoms with Gasteiger partial charge in [-0.2, -0.15) is 18.3 Å². The van der Waals surface area contributed by atoms with Gasteiger partial charge in [0.05, 0.1) is 22.8 Å². The third-order valence-electron chi connectivity index (χ3n) is 5.70. The summed E-state index contributed by atoms with van der Waals surface area (Å²) in [6.45, 7) is 6.02. The Balaban J connectivity index is 1.60. The van der Waals surface area contributed by atoms with E-state index in [1.807, 2.05) is 18.5 Å². The Morgan fingerprint density at radius 2 is 2.00 bits per heavy atom. The SMILES string of the molecule is CCn1ncc2c(NC3CCOCC3)c(CNC(=O)c3ccc(C(F)(F)F)nc3)c(C)nc21. The van der Waals surface area contributed by atoms with Crippen molar-refractivity contribution in [2.24, 2.45) is 0 Å². The number of halogens is 3. The third-order valence-corrected chi connectivity index (χ3v) is 5.70. The lowest BCUT2D eigenvalue weighted by atomic mass is 10.0. The second-order valence-electron chi connectivity index (χ2n) is 7.89. The quantitative estimate of drug-likeness (QED) is 0.580. The maximum absolute atomic E-state index is 12.7. The van der Waals surface area contributed by atoms with Gasteiger partial charge in [-0.05, 0) is 38.8 Å². The third kappa shape index (κ3) is 4.92. The molecule has 33 heavy (non-hydrogen) atoms. The lowest BCUT2D eigenvalue weighted by Gasteiger charge is -2.26. The molecule has 0 aliphatic carbocycles. The number of nitrogens with one attached hydrogen (secondary N) is 2. The maximum atomic E-state index is 12.7. The molecule has 0 saturated carbocycles. The maximum Gasteiger partial charge on any atom is 0.433 e. The fourth-order valence-corrected chi connectivity index (χ4v) is 3.87. The fourth-order valence-electron chi connectivity index (χ4n) is 3.87. The first-order chi connectivity index (χ1) is 15.8. The molecule has 0 radical (unpaired) electrons. The highest BCUT2D eigenvalue weighted by Crippen LogP contribution is 2.31. The van der Waals surface area contributed by atoms with Crippen LogP contribution in [-0.2, 0) is 24.0 Å². The van der Waals surface area contributed by atoms with E-state index in [2.05, 4.69) is 20.7 Å². The summed E-state index contributed by atoms with van der Waals surface area (Å²) in [6.07, 6.45) is -0.153. The number of fused-ring (bicyclic) bond motifs is 1. The average Bonchev–Trinajstić information content (AvgIpc) is 3.21. The van der Waals surface area contributed by atoms with Crippen molar-refractivity contribution in [1.29, 1.82) is 0 Å². The summed E-state index contributed by atoms with van der Waals surface area (Å²) < 4.78 is 45.5. The van der Waals surface area contributed by atoms with E-state index < -0.39 is 17.8 Å². The Kier molecular flexibility index (Phi) is 6.50. The van der Waals surface area contributed by atoms with E-state index in [9.17, 15) is 18.0 Å². The van der Waals surface area contributed by atoms with Crippen LogP contribution in [0.5, 0.6) is 0 Å². The predicted molar refractivity (Wildman–Crippen MR) is 116 cm³/mol. The van der Waals surface area contributed by atoms with Crippen molar-refractivity contribution < 1.29 is 22.7 Å². The zero-order valence-electron chi connectivity index (χ0n) is 18.4. The summed E-state index contributed by atoms with van der Waals surface area (Å²) in [5.41, 5.74) is 2.16. The lowest BCUT2D eigenvalue weighted by molar-refractivity contribution is -0.141. The van der Waals surface area contributed by atoms with Gasteiger partial charge in [-0.15, -0.1) is 0 Å². The Morgan fingerprint density at radius 3 is 2.64 bits per heavy atom. The molecular formula is C22H25F3N6O2. The van der Waals surface area contributed by atoms with E-state index in [0.717, 1.165) is 59.1 Å². The Morgan fingerprint density at radius 1 is 1.24 bits per heavy atom. The molecule has 0 spiro atoms. The number of hydrogen-bond acceptors (Lipinski definition) is 6. The minimum Gasteiger partial charge on any atom is -0.381 e. The smallest absolute Gasteiger partial charge is 0.381 e. The van der Waals surface area contributed by atoms with Crippen LogP contribution in [-0.4, -0.2) is 44.9 Å². The number of amides is 1. The molecule has 176 valence electrons. The summed E-state index contributed by atoms with van der Waals surface area (Å²) in [5, 5.41) is 11.7.